The van der Waals surface area contributed by atoms with E-state index in [1.165, 1.54) is 6.07 Å². The highest BCUT2D eigenvalue weighted by Gasteiger charge is 2.32. The number of pyridine rings is 1. The van der Waals surface area contributed by atoms with Gasteiger partial charge in [-0.3, -0.25) is 0 Å². The highest BCUT2D eigenvalue weighted by atomic mass is 35.5. The number of hydrogen-bond donors (Lipinski definition) is 0. The normalized spacial score (nSPS) is 12.1. The molecule has 18 heavy (non-hydrogen) atoms. The van der Waals surface area contributed by atoms with Gasteiger partial charge in [0, 0.05) is 11.1 Å². The first-order valence-corrected chi connectivity index (χ1v) is 5.56. The van der Waals surface area contributed by atoms with Crippen molar-refractivity contribution in [3.05, 3.63) is 40.3 Å². The van der Waals surface area contributed by atoms with Crippen LogP contribution in [0.25, 0.3) is 10.9 Å². The van der Waals surface area contributed by atoms with Crippen molar-refractivity contribution in [1.82, 2.24) is 4.98 Å². The summed E-state index contributed by atoms with van der Waals surface area (Å²) in [5.41, 5.74) is -0.668. The molecule has 0 saturated heterocycles. The molecule has 1 aromatic carbocycles. The van der Waals surface area contributed by atoms with Gasteiger partial charge in [0.25, 0.3) is 0 Å². The van der Waals surface area contributed by atoms with Gasteiger partial charge in [-0.1, -0.05) is 18.5 Å². The van der Waals surface area contributed by atoms with Crippen LogP contribution in [0, 0.1) is 5.82 Å². The average Bonchev–Trinajstić information content (AvgIpc) is 2.28. The lowest BCUT2D eigenvalue weighted by atomic mass is 10.1. The molecule has 0 aliphatic carbocycles. The minimum atomic E-state index is -4.61. The van der Waals surface area contributed by atoms with E-state index in [1.807, 2.05) is 0 Å². The summed E-state index contributed by atoms with van der Waals surface area (Å²) in [5, 5.41) is 0.0445. The molecule has 0 unspecified atom stereocenters. The molecular formula is C12H8ClF4N. The predicted molar refractivity (Wildman–Crippen MR) is 61.1 cm³/mol. The number of fused-ring (bicyclic) bond motifs is 1. The Balaban J connectivity index is 2.78. The van der Waals surface area contributed by atoms with E-state index in [0.29, 0.717) is 18.2 Å². The van der Waals surface area contributed by atoms with Crippen LogP contribution in [0.3, 0.4) is 0 Å². The van der Waals surface area contributed by atoms with E-state index in [-0.39, 0.29) is 15.9 Å². The third kappa shape index (κ3) is 2.27. The van der Waals surface area contributed by atoms with Crippen LogP contribution in [-0.4, -0.2) is 4.98 Å². The van der Waals surface area contributed by atoms with Gasteiger partial charge in [0.2, 0.25) is 0 Å². The SMILES string of the molecule is CCc1cc(Cl)c2cc(C(F)(F)F)cc(F)c2n1. The summed E-state index contributed by atoms with van der Waals surface area (Å²) in [7, 11) is 0. The molecule has 0 amide bonds. The Bertz CT molecular complexity index is 607. The number of aryl methyl sites for hydroxylation is 1. The number of nitrogens with zero attached hydrogens (tertiary/aromatic N) is 1. The third-order valence-electron chi connectivity index (χ3n) is 2.56. The number of halogens is 5. The molecule has 1 aromatic heterocycles. The van der Waals surface area contributed by atoms with Crippen molar-refractivity contribution < 1.29 is 17.6 Å². The molecule has 2 aromatic rings. The smallest absolute Gasteiger partial charge is 0.250 e. The minimum absolute atomic E-state index is 0.0267. The van der Waals surface area contributed by atoms with Crippen molar-refractivity contribution in [2.45, 2.75) is 19.5 Å². The lowest BCUT2D eigenvalue weighted by Gasteiger charge is -2.10. The summed E-state index contributed by atoms with van der Waals surface area (Å²) in [5.74, 6) is -1.02. The van der Waals surface area contributed by atoms with E-state index < -0.39 is 17.6 Å². The second kappa shape index (κ2) is 4.39. The highest BCUT2D eigenvalue weighted by molar-refractivity contribution is 6.35. The van der Waals surface area contributed by atoms with E-state index in [1.54, 1.807) is 6.92 Å². The molecule has 0 aliphatic heterocycles. The maximum absolute atomic E-state index is 13.7. The molecule has 6 heteroatoms. The second-order valence-corrected chi connectivity index (χ2v) is 4.21. The number of hydrogen-bond acceptors (Lipinski definition) is 1. The molecule has 0 aliphatic rings. The standard InChI is InChI=1S/C12H8ClF4N/c1-2-7-5-9(13)8-3-6(12(15,16)17)4-10(14)11(8)18-7/h3-5H,2H2,1H3. The first-order chi connectivity index (χ1) is 8.32. The third-order valence-corrected chi connectivity index (χ3v) is 2.87. The van der Waals surface area contributed by atoms with Crippen molar-refractivity contribution in [3.63, 3.8) is 0 Å². The molecule has 96 valence electrons. The van der Waals surface area contributed by atoms with Crippen LogP contribution in [0.5, 0.6) is 0 Å². The summed E-state index contributed by atoms with van der Waals surface area (Å²) in [6.07, 6.45) is -4.09. The minimum Gasteiger partial charge on any atom is -0.250 e. The molecular weight excluding hydrogens is 270 g/mol. The number of rotatable bonds is 1. The van der Waals surface area contributed by atoms with Crippen LogP contribution in [0.1, 0.15) is 18.2 Å². The van der Waals surface area contributed by atoms with Gasteiger partial charge in [0.15, 0.2) is 0 Å². The van der Waals surface area contributed by atoms with Gasteiger partial charge >= 0.3 is 6.18 Å². The van der Waals surface area contributed by atoms with Crippen LogP contribution in [0.4, 0.5) is 17.6 Å². The number of benzene rings is 1. The quantitative estimate of drug-likeness (QED) is 0.694. The Morgan fingerprint density at radius 2 is 1.89 bits per heavy atom. The summed E-state index contributed by atoms with van der Waals surface area (Å²) in [6, 6.07) is 2.70. The second-order valence-electron chi connectivity index (χ2n) is 3.80. The van der Waals surface area contributed by atoms with Gasteiger partial charge in [-0.15, -0.1) is 0 Å². The Labute approximate surface area is 105 Å². The lowest BCUT2D eigenvalue weighted by Crippen LogP contribution is -2.06. The molecule has 1 heterocycles. The fourth-order valence-electron chi connectivity index (χ4n) is 1.64. The van der Waals surface area contributed by atoms with Crippen molar-refractivity contribution >= 4 is 22.5 Å². The van der Waals surface area contributed by atoms with Gasteiger partial charge in [0.1, 0.15) is 11.3 Å². The zero-order valence-electron chi connectivity index (χ0n) is 9.28. The largest absolute Gasteiger partial charge is 0.416 e. The Morgan fingerprint density at radius 1 is 1.22 bits per heavy atom. The molecule has 2 rings (SSSR count). The molecule has 1 nitrogen and oxygen atoms in total. The van der Waals surface area contributed by atoms with Crippen LogP contribution in [-0.2, 0) is 12.6 Å². The molecule has 0 fully saturated rings. The van der Waals surface area contributed by atoms with Gasteiger partial charge in [0.05, 0.1) is 10.6 Å². The highest BCUT2D eigenvalue weighted by Crippen LogP contribution is 2.34. The predicted octanol–water partition coefficient (Wildman–Crippen LogP) is 4.61. The van der Waals surface area contributed by atoms with Crippen LogP contribution in [0.2, 0.25) is 5.02 Å². The first-order valence-electron chi connectivity index (χ1n) is 5.18. The molecule has 0 N–H and O–H groups in total. The van der Waals surface area contributed by atoms with E-state index in [2.05, 4.69) is 4.98 Å². The summed E-state index contributed by atoms with van der Waals surface area (Å²) in [4.78, 5) is 3.95. The molecule has 0 atom stereocenters. The van der Waals surface area contributed by atoms with E-state index in [4.69, 9.17) is 11.6 Å². The van der Waals surface area contributed by atoms with Gasteiger partial charge < -0.3 is 0 Å². The van der Waals surface area contributed by atoms with Crippen LogP contribution >= 0.6 is 11.6 Å². The van der Waals surface area contributed by atoms with Crippen LogP contribution in [0.15, 0.2) is 18.2 Å². The summed E-state index contributed by atoms with van der Waals surface area (Å²) < 4.78 is 51.3. The molecule has 0 bridgehead atoms. The maximum atomic E-state index is 13.7. The van der Waals surface area contributed by atoms with Gasteiger partial charge in [-0.25, -0.2) is 9.37 Å². The summed E-state index contributed by atoms with van der Waals surface area (Å²) >= 11 is 5.86. The van der Waals surface area contributed by atoms with E-state index >= 15 is 0 Å². The summed E-state index contributed by atoms with van der Waals surface area (Å²) in [6.45, 7) is 1.80. The zero-order valence-corrected chi connectivity index (χ0v) is 10.0. The maximum Gasteiger partial charge on any atom is 0.416 e. The zero-order chi connectivity index (χ0) is 13.5. The topological polar surface area (TPSA) is 12.9 Å². The fraction of sp³-hybridized carbons (Fsp3) is 0.250. The van der Waals surface area contributed by atoms with Crippen molar-refractivity contribution in [3.8, 4) is 0 Å². The number of aromatic nitrogens is 1. The molecule has 0 radical (unpaired) electrons. The fourth-order valence-corrected chi connectivity index (χ4v) is 1.91. The Hall–Kier alpha value is -1.36. The Morgan fingerprint density at radius 3 is 2.44 bits per heavy atom. The Kier molecular flexibility index (Phi) is 3.19. The first kappa shape index (κ1) is 13.1. The van der Waals surface area contributed by atoms with Gasteiger partial charge in [-0.05, 0) is 24.6 Å². The number of alkyl halides is 3. The lowest BCUT2D eigenvalue weighted by molar-refractivity contribution is -0.137. The van der Waals surface area contributed by atoms with Crippen molar-refractivity contribution in [2.75, 3.05) is 0 Å². The van der Waals surface area contributed by atoms with E-state index in [0.717, 1.165) is 6.07 Å². The van der Waals surface area contributed by atoms with Crippen molar-refractivity contribution in [1.29, 1.82) is 0 Å². The van der Waals surface area contributed by atoms with E-state index in [9.17, 15) is 17.6 Å². The average molecular weight is 278 g/mol. The molecule has 0 spiro atoms. The van der Waals surface area contributed by atoms with Gasteiger partial charge in [-0.2, -0.15) is 13.2 Å². The monoisotopic (exact) mass is 277 g/mol. The molecule has 0 saturated carbocycles. The van der Waals surface area contributed by atoms with Crippen LogP contribution < -0.4 is 0 Å². The van der Waals surface area contributed by atoms with Crippen molar-refractivity contribution in [2.24, 2.45) is 0 Å².